The maximum atomic E-state index is 12.0. The zero-order valence-electron chi connectivity index (χ0n) is 11.7. The largest absolute Gasteiger partial charge is 0.343 e. The second-order valence-electron chi connectivity index (χ2n) is 5.02. The van der Waals surface area contributed by atoms with Crippen molar-refractivity contribution in [3.8, 4) is 0 Å². The molecule has 0 atom stereocenters. The smallest absolute Gasteiger partial charge is 0.251 e. The quantitative estimate of drug-likeness (QED) is 0.874. The fraction of sp³-hybridized carbons (Fsp3) is 0.429. The van der Waals surface area contributed by atoms with Crippen molar-refractivity contribution in [3.05, 3.63) is 33.3 Å². The van der Waals surface area contributed by atoms with Gasteiger partial charge in [0.15, 0.2) is 0 Å². The minimum Gasteiger partial charge on any atom is -0.343 e. The minimum absolute atomic E-state index is 0.00663. The lowest BCUT2D eigenvalue weighted by atomic mass is 10.2. The predicted molar refractivity (Wildman–Crippen MR) is 85.6 cm³/mol. The Balaban J connectivity index is 1.87. The number of halogens is 2. The highest BCUT2D eigenvalue weighted by atomic mass is 79.9. The van der Waals surface area contributed by atoms with Crippen LogP contribution in [0.4, 0.5) is 0 Å². The fourth-order valence-corrected chi connectivity index (χ4v) is 2.97. The standard InChI is InChI=1S/C14H17BrClN3O2/c1-18-2-4-19(5-3-18)13(20)9-17-14(21)10-6-11(15)8-12(16)7-10/h6-8H,2-5,9H2,1H3,(H,17,21). The first-order valence-corrected chi connectivity index (χ1v) is 7.83. The number of nitrogens with one attached hydrogen (secondary N) is 1. The third-order valence-corrected chi connectivity index (χ3v) is 4.06. The van der Waals surface area contributed by atoms with Crippen molar-refractivity contribution >= 4 is 39.3 Å². The van der Waals surface area contributed by atoms with E-state index < -0.39 is 0 Å². The van der Waals surface area contributed by atoms with Crippen LogP contribution in [0.2, 0.25) is 5.02 Å². The van der Waals surface area contributed by atoms with Gasteiger partial charge in [-0.2, -0.15) is 0 Å². The molecule has 2 amide bonds. The van der Waals surface area contributed by atoms with Gasteiger partial charge in [0.05, 0.1) is 6.54 Å². The normalized spacial score (nSPS) is 15.9. The molecule has 0 radical (unpaired) electrons. The molecule has 0 spiro atoms. The average Bonchev–Trinajstić information content (AvgIpc) is 2.44. The van der Waals surface area contributed by atoms with Gasteiger partial charge in [-0.3, -0.25) is 9.59 Å². The zero-order valence-corrected chi connectivity index (χ0v) is 14.1. The molecule has 1 N–H and O–H groups in total. The lowest BCUT2D eigenvalue weighted by Gasteiger charge is -2.32. The van der Waals surface area contributed by atoms with Crippen LogP contribution < -0.4 is 5.32 Å². The number of hydrogen-bond acceptors (Lipinski definition) is 3. The third-order valence-electron chi connectivity index (χ3n) is 3.38. The maximum Gasteiger partial charge on any atom is 0.251 e. The number of carbonyl (C=O) groups excluding carboxylic acids is 2. The van der Waals surface area contributed by atoms with Gasteiger partial charge in [-0.05, 0) is 25.2 Å². The molecule has 1 fully saturated rings. The molecule has 1 heterocycles. The lowest BCUT2D eigenvalue weighted by Crippen LogP contribution is -2.50. The second-order valence-corrected chi connectivity index (χ2v) is 6.38. The van der Waals surface area contributed by atoms with Crippen LogP contribution in [0.1, 0.15) is 10.4 Å². The second kappa shape index (κ2) is 7.24. The van der Waals surface area contributed by atoms with Crippen molar-refractivity contribution in [1.29, 1.82) is 0 Å². The average molecular weight is 375 g/mol. The summed E-state index contributed by atoms with van der Waals surface area (Å²) in [5, 5.41) is 3.11. The molecule has 1 aromatic carbocycles. The molecule has 0 unspecified atom stereocenters. The van der Waals surface area contributed by atoms with Crippen molar-refractivity contribution in [2.24, 2.45) is 0 Å². The first-order valence-electron chi connectivity index (χ1n) is 6.66. The third kappa shape index (κ3) is 4.69. The van der Waals surface area contributed by atoms with Crippen LogP contribution in [0.15, 0.2) is 22.7 Å². The van der Waals surface area contributed by atoms with Crippen molar-refractivity contribution in [2.75, 3.05) is 39.8 Å². The van der Waals surface area contributed by atoms with Gasteiger partial charge < -0.3 is 15.1 Å². The van der Waals surface area contributed by atoms with Gasteiger partial charge in [-0.1, -0.05) is 27.5 Å². The first kappa shape index (κ1) is 16.3. The van der Waals surface area contributed by atoms with Crippen LogP contribution in [0, 0.1) is 0 Å². The maximum absolute atomic E-state index is 12.0. The van der Waals surface area contributed by atoms with E-state index in [1.165, 1.54) is 0 Å². The van der Waals surface area contributed by atoms with Crippen molar-refractivity contribution in [1.82, 2.24) is 15.1 Å². The number of hydrogen-bond donors (Lipinski definition) is 1. The van der Waals surface area contributed by atoms with Crippen LogP contribution in [0.5, 0.6) is 0 Å². The summed E-state index contributed by atoms with van der Waals surface area (Å²) in [5.74, 6) is -0.363. The van der Waals surface area contributed by atoms with Gasteiger partial charge in [0.2, 0.25) is 5.91 Å². The molecule has 0 aliphatic carbocycles. The molecule has 114 valence electrons. The molecule has 1 aliphatic heterocycles. The van der Waals surface area contributed by atoms with Gasteiger partial charge in [0, 0.05) is 41.2 Å². The van der Waals surface area contributed by atoms with E-state index in [1.807, 2.05) is 7.05 Å². The molecule has 1 aliphatic rings. The van der Waals surface area contributed by atoms with Gasteiger partial charge >= 0.3 is 0 Å². The Morgan fingerprint density at radius 1 is 1.24 bits per heavy atom. The summed E-state index contributed by atoms with van der Waals surface area (Å²) in [6, 6.07) is 4.94. The summed E-state index contributed by atoms with van der Waals surface area (Å²) >= 11 is 9.19. The Bertz CT molecular complexity index is 525. The fourth-order valence-electron chi connectivity index (χ4n) is 2.11. The van der Waals surface area contributed by atoms with Crippen molar-refractivity contribution < 1.29 is 9.59 Å². The summed E-state index contributed by atoms with van der Waals surface area (Å²) in [7, 11) is 2.03. The van der Waals surface area contributed by atoms with Crippen molar-refractivity contribution in [3.63, 3.8) is 0 Å². The number of amides is 2. The van der Waals surface area contributed by atoms with Crippen LogP contribution >= 0.6 is 27.5 Å². The van der Waals surface area contributed by atoms with E-state index in [0.717, 1.165) is 17.6 Å². The van der Waals surface area contributed by atoms with E-state index in [0.29, 0.717) is 23.7 Å². The topological polar surface area (TPSA) is 52.6 Å². The molecular weight excluding hydrogens is 358 g/mol. The van der Waals surface area contributed by atoms with E-state index in [4.69, 9.17) is 11.6 Å². The summed E-state index contributed by atoms with van der Waals surface area (Å²) in [6.07, 6.45) is 0. The van der Waals surface area contributed by atoms with Gasteiger partial charge in [0.25, 0.3) is 5.91 Å². The highest BCUT2D eigenvalue weighted by Gasteiger charge is 2.19. The van der Waals surface area contributed by atoms with Crippen molar-refractivity contribution in [2.45, 2.75) is 0 Å². The molecule has 21 heavy (non-hydrogen) atoms. The molecular formula is C14H17BrClN3O2. The molecule has 1 aromatic rings. The number of likely N-dealkylation sites (N-methyl/N-ethyl adjacent to an activating group) is 1. The van der Waals surface area contributed by atoms with Gasteiger partial charge in [0.1, 0.15) is 0 Å². The molecule has 5 nitrogen and oxygen atoms in total. The highest BCUT2D eigenvalue weighted by Crippen LogP contribution is 2.19. The Morgan fingerprint density at radius 3 is 2.52 bits per heavy atom. The van der Waals surface area contributed by atoms with E-state index in [1.54, 1.807) is 23.1 Å². The Kier molecular flexibility index (Phi) is 5.61. The van der Waals surface area contributed by atoms with Gasteiger partial charge in [-0.15, -0.1) is 0 Å². The van der Waals surface area contributed by atoms with E-state index in [9.17, 15) is 9.59 Å². The molecule has 7 heteroatoms. The lowest BCUT2D eigenvalue weighted by molar-refractivity contribution is -0.131. The molecule has 0 aromatic heterocycles. The number of piperazine rings is 1. The molecule has 2 rings (SSSR count). The Morgan fingerprint density at radius 2 is 1.90 bits per heavy atom. The SMILES string of the molecule is CN1CCN(C(=O)CNC(=O)c2cc(Cl)cc(Br)c2)CC1. The highest BCUT2D eigenvalue weighted by molar-refractivity contribution is 9.10. The number of nitrogens with zero attached hydrogens (tertiary/aromatic N) is 2. The van der Waals surface area contributed by atoms with Gasteiger partial charge in [-0.25, -0.2) is 0 Å². The number of rotatable bonds is 3. The first-order chi connectivity index (χ1) is 9.95. The minimum atomic E-state index is -0.305. The summed E-state index contributed by atoms with van der Waals surface area (Å²) in [6.45, 7) is 3.14. The monoisotopic (exact) mass is 373 g/mol. The van der Waals surface area contributed by atoms with Crippen LogP contribution in [-0.2, 0) is 4.79 Å². The molecule has 0 saturated carbocycles. The van der Waals surface area contributed by atoms with Crippen LogP contribution in [0.3, 0.4) is 0 Å². The Hall–Kier alpha value is -1.11. The summed E-state index contributed by atoms with van der Waals surface area (Å²) in [4.78, 5) is 28.0. The van der Waals surface area contributed by atoms with Crippen LogP contribution in [-0.4, -0.2) is 61.4 Å². The molecule has 1 saturated heterocycles. The summed E-state index contributed by atoms with van der Waals surface area (Å²) in [5.41, 5.74) is 0.431. The number of carbonyl (C=O) groups is 2. The van der Waals surface area contributed by atoms with Crippen LogP contribution in [0.25, 0.3) is 0 Å². The predicted octanol–water partition coefficient (Wildman–Crippen LogP) is 1.61. The Labute approximate surface area is 137 Å². The zero-order chi connectivity index (χ0) is 15.4. The molecule has 0 bridgehead atoms. The van der Waals surface area contributed by atoms with E-state index in [2.05, 4.69) is 26.1 Å². The number of benzene rings is 1. The van der Waals surface area contributed by atoms with E-state index >= 15 is 0 Å². The van der Waals surface area contributed by atoms with E-state index in [-0.39, 0.29) is 18.4 Å². The summed E-state index contributed by atoms with van der Waals surface area (Å²) < 4.78 is 0.727.